The summed E-state index contributed by atoms with van der Waals surface area (Å²) in [5.41, 5.74) is 2.37. The van der Waals surface area contributed by atoms with E-state index in [9.17, 15) is 0 Å². The fourth-order valence-corrected chi connectivity index (χ4v) is 3.38. The summed E-state index contributed by atoms with van der Waals surface area (Å²) in [6, 6.07) is 8.73. The molecule has 0 spiro atoms. The van der Waals surface area contributed by atoms with Gasteiger partial charge >= 0.3 is 7.12 Å². The van der Waals surface area contributed by atoms with Crippen molar-refractivity contribution >= 4 is 12.6 Å². The molecule has 1 aromatic rings. The summed E-state index contributed by atoms with van der Waals surface area (Å²) in [6.45, 7) is 16.5. The Balaban J connectivity index is 1.64. The molecule has 23 heavy (non-hydrogen) atoms. The summed E-state index contributed by atoms with van der Waals surface area (Å²) in [6.07, 6.45) is 1.29. The predicted octanol–water partition coefficient (Wildman–Crippen LogP) is 3.22. The quantitative estimate of drug-likeness (QED) is 0.800. The molecule has 1 aromatic carbocycles. The maximum atomic E-state index is 6.12. The molecule has 2 aliphatic heterocycles. The van der Waals surface area contributed by atoms with Crippen molar-refractivity contribution in [2.75, 3.05) is 13.1 Å². The van der Waals surface area contributed by atoms with Crippen molar-refractivity contribution in [3.63, 3.8) is 0 Å². The average Bonchev–Trinajstić information content (AvgIpc) is 2.87. The average molecular weight is 315 g/mol. The number of likely N-dealkylation sites (tertiary alicyclic amines) is 1. The van der Waals surface area contributed by atoms with Gasteiger partial charge in [0.2, 0.25) is 0 Å². The third-order valence-electron chi connectivity index (χ3n) is 5.67. The van der Waals surface area contributed by atoms with E-state index in [1.54, 1.807) is 0 Å². The van der Waals surface area contributed by atoms with Gasteiger partial charge < -0.3 is 9.31 Å². The molecule has 3 nitrogen and oxygen atoms in total. The fourth-order valence-electron chi connectivity index (χ4n) is 3.38. The summed E-state index contributed by atoms with van der Waals surface area (Å²) in [7, 11) is -0.264. The second-order valence-electron chi connectivity index (χ2n) is 8.95. The molecule has 0 radical (unpaired) electrons. The third-order valence-corrected chi connectivity index (χ3v) is 5.67. The van der Waals surface area contributed by atoms with Crippen LogP contribution in [0.5, 0.6) is 0 Å². The Morgan fingerprint density at radius 2 is 1.52 bits per heavy atom. The first-order valence-electron chi connectivity index (χ1n) is 8.75. The molecule has 2 aliphatic rings. The highest BCUT2D eigenvalue weighted by Crippen LogP contribution is 2.36. The second-order valence-corrected chi connectivity index (χ2v) is 8.95. The van der Waals surface area contributed by atoms with Gasteiger partial charge in [-0.25, -0.2) is 0 Å². The molecule has 0 aliphatic carbocycles. The van der Waals surface area contributed by atoms with Crippen LogP contribution in [-0.4, -0.2) is 36.3 Å². The lowest BCUT2D eigenvalue weighted by Gasteiger charge is -2.32. The van der Waals surface area contributed by atoms with Crippen LogP contribution in [0.2, 0.25) is 0 Å². The van der Waals surface area contributed by atoms with Crippen molar-refractivity contribution in [3.05, 3.63) is 29.8 Å². The topological polar surface area (TPSA) is 21.7 Å². The number of rotatable bonds is 3. The van der Waals surface area contributed by atoms with Crippen LogP contribution < -0.4 is 5.46 Å². The van der Waals surface area contributed by atoms with Gasteiger partial charge in [0.25, 0.3) is 0 Å². The van der Waals surface area contributed by atoms with Crippen LogP contribution in [0.1, 0.15) is 53.5 Å². The van der Waals surface area contributed by atoms with E-state index >= 15 is 0 Å². The van der Waals surface area contributed by atoms with Gasteiger partial charge in [-0.05, 0) is 57.1 Å². The first kappa shape index (κ1) is 17.0. The van der Waals surface area contributed by atoms with Gasteiger partial charge in [-0.1, -0.05) is 38.1 Å². The Kier molecular flexibility index (Phi) is 4.15. The lowest BCUT2D eigenvalue weighted by Crippen LogP contribution is -2.41. The summed E-state index contributed by atoms with van der Waals surface area (Å²) in [5.74, 6) is 0. The lowest BCUT2D eigenvalue weighted by atomic mass is 9.79. The third kappa shape index (κ3) is 3.49. The molecule has 0 atom stereocenters. The highest BCUT2D eigenvalue weighted by atomic mass is 16.7. The van der Waals surface area contributed by atoms with Gasteiger partial charge in [-0.3, -0.25) is 4.90 Å². The van der Waals surface area contributed by atoms with E-state index in [4.69, 9.17) is 9.31 Å². The van der Waals surface area contributed by atoms with Crippen molar-refractivity contribution in [2.45, 2.75) is 65.7 Å². The zero-order chi connectivity index (χ0) is 16.9. The number of nitrogens with zero attached hydrogens (tertiary/aromatic N) is 1. The molecule has 4 heteroatoms. The van der Waals surface area contributed by atoms with E-state index in [2.05, 4.69) is 70.7 Å². The van der Waals surface area contributed by atoms with Gasteiger partial charge in [-0.2, -0.15) is 0 Å². The van der Waals surface area contributed by atoms with Crippen molar-refractivity contribution < 1.29 is 9.31 Å². The molecular weight excluding hydrogens is 285 g/mol. The Bertz CT molecular complexity index is 549. The number of hydrogen-bond acceptors (Lipinski definition) is 3. The molecular formula is C19H30BNO2. The zero-order valence-corrected chi connectivity index (χ0v) is 15.5. The van der Waals surface area contributed by atoms with E-state index in [0.29, 0.717) is 5.41 Å². The van der Waals surface area contributed by atoms with Crippen LogP contribution in [0.4, 0.5) is 0 Å². The van der Waals surface area contributed by atoms with Gasteiger partial charge in [0.1, 0.15) is 0 Å². The second kappa shape index (κ2) is 5.61. The molecule has 0 bridgehead atoms. The van der Waals surface area contributed by atoms with E-state index in [1.165, 1.54) is 25.1 Å². The summed E-state index contributed by atoms with van der Waals surface area (Å²) < 4.78 is 12.2. The van der Waals surface area contributed by atoms with Crippen LogP contribution in [0.3, 0.4) is 0 Å². The minimum Gasteiger partial charge on any atom is -0.399 e. The minimum atomic E-state index is -0.280. The molecule has 3 rings (SSSR count). The zero-order valence-electron chi connectivity index (χ0n) is 15.5. The van der Waals surface area contributed by atoms with Crippen molar-refractivity contribution in [2.24, 2.45) is 5.41 Å². The van der Waals surface area contributed by atoms with E-state index in [0.717, 1.165) is 12.0 Å². The van der Waals surface area contributed by atoms with Crippen LogP contribution in [0.25, 0.3) is 0 Å². The van der Waals surface area contributed by atoms with Gasteiger partial charge in [0, 0.05) is 13.1 Å². The normalized spacial score (nSPS) is 25.9. The van der Waals surface area contributed by atoms with Crippen molar-refractivity contribution in [1.82, 2.24) is 4.90 Å². The first-order chi connectivity index (χ1) is 10.6. The van der Waals surface area contributed by atoms with Gasteiger partial charge in [0.05, 0.1) is 11.2 Å². The van der Waals surface area contributed by atoms with Crippen LogP contribution in [-0.2, 0) is 15.9 Å². The van der Waals surface area contributed by atoms with Crippen molar-refractivity contribution in [1.29, 1.82) is 0 Å². The number of hydrogen-bond donors (Lipinski definition) is 0. The highest BCUT2D eigenvalue weighted by molar-refractivity contribution is 6.62. The van der Waals surface area contributed by atoms with E-state index < -0.39 is 0 Å². The Morgan fingerprint density at radius 3 is 2.00 bits per heavy atom. The maximum absolute atomic E-state index is 6.12. The molecule has 0 unspecified atom stereocenters. The van der Waals surface area contributed by atoms with Crippen LogP contribution in [0, 0.1) is 5.41 Å². The molecule has 2 fully saturated rings. The highest BCUT2D eigenvalue weighted by Gasteiger charge is 2.51. The Hall–Kier alpha value is -0.835. The minimum absolute atomic E-state index is 0.264. The smallest absolute Gasteiger partial charge is 0.399 e. The molecule has 0 aromatic heterocycles. The van der Waals surface area contributed by atoms with Gasteiger partial charge in [0.15, 0.2) is 0 Å². The summed E-state index contributed by atoms with van der Waals surface area (Å²) in [4.78, 5) is 2.55. The molecule has 2 saturated heterocycles. The van der Waals surface area contributed by atoms with Crippen LogP contribution in [0.15, 0.2) is 24.3 Å². The molecule has 0 amide bonds. The molecule has 126 valence electrons. The van der Waals surface area contributed by atoms with E-state index in [-0.39, 0.29) is 18.3 Å². The monoisotopic (exact) mass is 315 g/mol. The standard InChI is InChI=1S/C19H30BNO2/c1-17(2)11-12-21(14-17)13-15-7-9-16(10-8-15)20-22-18(3,4)19(5,6)23-20/h7-10H,11-14H2,1-6H3. The maximum Gasteiger partial charge on any atom is 0.494 e. The van der Waals surface area contributed by atoms with Crippen molar-refractivity contribution in [3.8, 4) is 0 Å². The SMILES string of the molecule is CC1(C)CCN(Cc2ccc(B3OC(C)(C)C(C)(C)O3)cc2)C1. The predicted molar refractivity (Wildman–Crippen MR) is 95.8 cm³/mol. The molecule has 0 saturated carbocycles. The Morgan fingerprint density at radius 1 is 0.957 bits per heavy atom. The first-order valence-corrected chi connectivity index (χ1v) is 8.75. The Labute approximate surface area is 141 Å². The summed E-state index contributed by atoms with van der Waals surface area (Å²) in [5, 5.41) is 0. The van der Waals surface area contributed by atoms with Gasteiger partial charge in [-0.15, -0.1) is 0 Å². The lowest BCUT2D eigenvalue weighted by molar-refractivity contribution is 0.00578. The number of benzene rings is 1. The van der Waals surface area contributed by atoms with Crippen LogP contribution >= 0.6 is 0 Å². The summed E-state index contributed by atoms with van der Waals surface area (Å²) >= 11 is 0. The molecule has 2 heterocycles. The van der Waals surface area contributed by atoms with E-state index in [1.807, 2.05) is 0 Å². The fraction of sp³-hybridized carbons (Fsp3) is 0.684. The largest absolute Gasteiger partial charge is 0.494 e. The molecule has 0 N–H and O–H groups in total.